The summed E-state index contributed by atoms with van der Waals surface area (Å²) in [5.74, 6) is -1.79. The molecule has 6 nitrogen and oxygen atoms in total. The molecule has 0 aliphatic rings. The van der Waals surface area contributed by atoms with Gasteiger partial charge >= 0.3 is 11.9 Å². The van der Waals surface area contributed by atoms with Crippen LogP contribution in [0.1, 0.15) is 17.3 Å². The van der Waals surface area contributed by atoms with E-state index < -0.39 is 11.9 Å². The molecule has 0 heterocycles. The molecule has 98 valence electrons. The maximum absolute atomic E-state index is 11.3. The highest BCUT2D eigenvalue weighted by molar-refractivity contribution is 5.93. The molecule has 0 saturated heterocycles. The Morgan fingerprint density at radius 1 is 1.53 bits per heavy atom. The molecule has 6 heteroatoms. The lowest BCUT2D eigenvalue weighted by Gasteiger charge is -2.03. The maximum atomic E-state index is 11.3. The lowest BCUT2D eigenvalue weighted by Crippen LogP contribution is -2.08. The number of nitriles is 1. The molecule has 0 unspecified atom stereocenters. The molecule has 2 N–H and O–H groups in total. The van der Waals surface area contributed by atoms with Crippen molar-refractivity contribution in [1.29, 1.82) is 5.26 Å². The van der Waals surface area contributed by atoms with E-state index in [0.29, 0.717) is 5.69 Å². The van der Waals surface area contributed by atoms with Gasteiger partial charge < -0.3 is 15.2 Å². The molecule has 0 fully saturated rings. The number of carboxylic acids is 1. The standard InChI is InChI=1S/C13H12N2O4/c1-2-19-13(18)10(7-14)8-15-11-5-3-4-9(6-11)12(16)17/h3-6,8,15H,2H2,1H3,(H,16,17)/b10-8-. The molecule has 1 aromatic carbocycles. The Hall–Kier alpha value is -2.81. The molecule has 1 aromatic rings. The number of carbonyl (C=O) groups is 2. The van der Waals surface area contributed by atoms with Crippen LogP contribution in [-0.2, 0) is 9.53 Å². The number of hydrogen-bond donors (Lipinski definition) is 2. The summed E-state index contributed by atoms with van der Waals surface area (Å²) >= 11 is 0. The number of rotatable bonds is 5. The van der Waals surface area contributed by atoms with Gasteiger partial charge in [-0.25, -0.2) is 9.59 Å². The summed E-state index contributed by atoms with van der Waals surface area (Å²) < 4.78 is 4.68. The third-order valence-electron chi connectivity index (χ3n) is 2.11. The molecule has 0 amide bonds. The molecule has 0 bridgehead atoms. The first kappa shape index (κ1) is 14.3. The van der Waals surface area contributed by atoms with Gasteiger partial charge in [0.1, 0.15) is 6.07 Å². The first-order valence-corrected chi connectivity index (χ1v) is 5.45. The van der Waals surface area contributed by atoms with Crippen LogP contribution in [0.2, 0.25) is 0 Å². The summed E-state index contributed by atoms with van der Waals surface area (Å²) in [6.45, 7) is 1.81. The van der Waals surface area contributed by atoms with Gasteiger partial charge in [0.05, 0.1) is 12.2 Å². The molecule has 0 aliphatic heterocycles. The van der Waals surface area contributed by atoms with Crippen molar-refractivity contribution in [3.63, 3.8) is 0 Å². The fourth-order valence-corrected chi connectivity index (χ4v) is 1.24. The van der Waals surface area contributed by atoms with Gasteiger partial charge in [-0.15, -0.1) is 0 Å². The van der Waals surface area contributed by atoms with E-state index in [1.165, 1.54) is 18.3 Å². The minimum absolute atomic E-state index is 0.105. The molecule has 0 aromatic heterocycles. The molecule has 0 aliphatic carbocycles. The van der Waals surface area contributed by atoms with Crippen molar-refractivity contribution in [3.05, 3.63) is 41.6 Å². The summed E-state index contributed by atoms with van der Waals surface area (Å²) in [4.78, 5) is 22.1. The predicted octanol–water partition coefficient (Wildman–Crippen LogP) is 1.77. The summed E-state index contributed by atoms with van der Waals surface area (Å²) in [7, 11) is 0. The van der Waals surface area contributed by atoms with E-state index in [4.69, 9.17) is 10.4 Å². The van der Waals surface area contributed by atoms with E-state index in [-0.39, 0.29) is 17.7 Å². The van der Waals surface area contributed by atoms with Gasteiger partial charge in [-0.3, -0.25) is 0 Å². The van der Waals surface area contributed by atoms with Crippen LogP contribution in [0.15, 0.2) is 36.0 Å². The van der Waals surface area contributed by atoms with Crippen molar-refractivity contribution >= 4 is 17.6 Å². The summed E-state index contributed by atoms with van der Waals surface area (Å²) in [5.41, 5.74) is 0.368. The zero-order chi connectivity index (χ0) is 14.3. The van der Waals surface area contributed by atoms with E-state index in [9.17, 15) is 9.59 Å². The topological polar surface area (TPSA) is 99.4 Å². The molecule has 0 atom stereocenters. The van der Waals surface area contributed by atoms with Gasteiger partial charge in [0.2, 0.25) is 0 Å². The molecule has 19 heavy (non-hydrogen) atoms. The Morgan fingerprint density at radius 2 is 2.26 bits per heavy atom. The lowest BCUT2D eigenvalue weighted by atomic mass is 10.2. The number of ether oxygens (including phenoxy) is 1. The monoisotopic (exact) mass is 260 g/mol. The van der Waals surface area contributed by atoms with Crippen molar-refractivity contribution in [1.82, 2.24) is 0 Å². The van der Waals surface area contributed by atoms with Crippen LogP contribution in [-0.4, -0.2) is 23.7 Å². The maximum Gasteiger partial charge on any atom is 0.350 e. The van der Waals surface area contributed by atoms with E-state index in [0.717, 1.165) is 0 Å². The molecular weight excluding hydrogens is 248 g/mol. The van der Waals surface area contributed by atoms with E-state index >= 15 is 0 Å². The van der Waals surface area contributed by atoms with Gasteiger partial charge in [0.15, 0.2) is 5.57 Å². The fourth-order valence-electron chi connectivity index (χ4n) is 1.24. The number of carboxylic acid groups (broad SMARTS) is 1. The van der Waals surface area contributed by atoms with Gasteiger partial charge in [-0.2, -0.15) is 5.26 Å². The second-order valence-corrected chi connectivity index (χ2v) is 3.42. The second-order valence-electron chi connectivity index (χ2n) is 3.42. The van der Waals surface area contributed by atoms with Crippen LogP contribution >= 0.6 is 0 Å². The summed E-state index contributed by atoms with van der Waals surface area (Å²) in [5, 5.41) is 20.3. The highest BCUT2D eigenvalue weighted by Crippen LogP contribution is 2.11. The van der Waals surface area contributed by atoms with Crippen LogP contribution in [0.5, 0.6) is 0 Å². The fraction of sp³-hybridized carbons (Fsp3) is 0.154. The number of aromatic carboxylic acids is 1. The third kappa shape index (κ3) is 4.16. The number of nitrogens with zero attached hydrogens (tertiary/aromatic N) is 1. The number of hydrogen-bond acceptors (Lipinski definition) is 5. The number of anilines is 1. The largest absolute Gasteiger partial charge is 0.478 e. The number of nitrogens with one attached hydrogen (secondary N) is 1. The molecule has 0 radical (unpaired) electrons. The van der Waals surface area contributed by atoms with Gasteiger partial charge in [0.25, 0.3) is 0 Å². The van der Waals surface area contributed by atoms with Crippen LogP contribution < -0.4 is 5.32 Å². The Bertz CT molecular complexity index is 558. The second kappa shape index (κ2) is 6.81. The minimum atomic E-state index is -1.06. The van der Waals surface area contributed by atoms with E-state index in [1.54, 1.807) is 25.1 Å². The average Bonchev–Trinajstić information content (AvgIpc) is 2.40. The lowest BCUT2D eigenvalue weighted by molar-refractivity contribution is -0.138. The van der Waals surface area contributed by atoms with Crippen molar-refractivity contribution in [2.45, 2.75) is 6.92 Å². The molecule has 0 saturated carbocycles. The van der Waals surface area contributed by atoms with Crippen molar-refractivity contribution in [2.75, 3.05) is 11.9 Å². The first-order chi connectivity index (χ1) is 9.08. The Morgan fingerprint density at radius 3 is 2.84 bits per heavy atom. The highest BCUT2D eigenvalue weighted by atomic mass is 16.5. The first-order valence-electron chi connectivity index (χ1n) is 5.45. The average molecular weight is 260 g/mol. The van der Waals surface area contributed by atoms with Crippen LogP contribution in [0.3, 0.4) is 0 Å². The van der Waals surface area contributed by atoms with Crippen molar-refractivity contribution < 1.29 is 19.4 Å². The van der Waals surface area contributed by atoms with Crippen LogP contribution in [0.4, 0.5) is 5.69 Å². The Balaban J connectivity index is 2.84. The Kier molecular flexibility index (Phi) is 5.11. The van der Waals surface area contributed by atoms with Gasteiger partial charge in [-0.05, 0) is 25.1 Å². The smallest absolute Gasteiger partial charge is 0.350 e. The van der Waals surface area contributed by atoms with Gasteiger partial charge in [-0.1, -0.05) is 6.07 Å². The molecule has 1 rings (SSSR count). The van der Waals surface area contributed by atoms with Crippen LogP contribution in [0, 0.1) is 11.3 Å². The zero-order valence-corrected chi connectivity index (χ0v) is 10.2. The molecular formula is C13H12N2O4. The van der Waals surface area contributed by atoms with Crippen LogP contribution in [0.25, 0.3) is 0 Å². The number of benzene rings is 1. The quantitative estimate of drug-likeness (QED) is 0.475. The zero-order valence-electron chi connectivity index (χ0n) is 10.2. The van der Waals surface area contributed by atoms with Crippen molar-refractivity contribution in [3.8, 4) is 6.07 Å². The van der Waals surface area contributed by atoms with Crippen molar-refractivity contribution in [2.24, 2.45) is 0 Å². The van der Waals surface area contributed by atoms with E-state index in [2.05, 4.69) is 10.1 Å². The predicted molar refractivity (Wildman–Crippen MR) is 67.4 cm³/mol. The normalized spacial score (nSPS) is 10.4. The Labute approximate surface area is 109 Å². The van der Waals surface area contributed by atoms with Gasteiger partial charge in [0, 0.05) is 11.9 Å². The molecule has 0 spiro atoms. The summed E-state index contributed by atoms with van der Waals surface area (Å²) in [6.07, 6.45) is 1.18. The summed E-state index contributed by atoms with van der Waals surface area (Å²) in [6, 6.07) is 7.69. The minimum Gasteiger partial charge on any atom is -0.478 e. The number of esters is 1. The van der Waals surface area contributed by atoms with E-state index in [1.807, 2.05) is 0 Å². The third-order valence-corrected chi connectivity index (χ3v) is 2.11. The highest BCUT2D eigenvalue weighted by Gasteiger charge is 2.09. The number of carbonyl (C=O) groups excluding carboxylic acids is 1. The SMILES string of the molecule is CCOC(=O)/C(C#N)=C\Nc1cccc(C(=O)O)c1.